The molecule has 0 aliphatic carbocycles. The summed E-state index contributed by atoms with van der Waals surface area (Å²) in [5, 5.41) is -0.130. The number of sulfonamides is 1. The molecular weight excluding hydrogens is 308 g/mol. The van der Waals surface area contributed by atoms with Gasteiger partial charge < -0.3 is 0 Å². The molecule has 0 atom stereocenters. The van der Waals surface area contributed by atoms with Crippen molar-refractivity contribution in [3.05, 3.63) is 59.1 Å². The Morgan fingerprint density at radius 1 is 1.10 bits per heavy atom. The second kappa shape index (κ2) is 5.38. The minimum absolute atomic E-state index is 0.130. The molecule has 0 saturated carbocycles. The fourth-order valence-corrected chi connectivity index (χ4v) is 3.35. The van der Waals surface area contributed by atoms with E-state index in [1.54, 1.807) is 0 Å². The Morgan fingerprint density at radius 2 is 1.75 bits per heavy atom. The first-order chi connectivity index (χ1) is 9.34. The van der Waals surface area contributed by atoms with E-state index in [4.69, 9.17) is 11.6 Å². The molecule has 20 heavy (non-hydrogen) atoms. The van der Waals surface area contributed by atoms with E-state index in [-0.39, 0.29) is 10.7 Å². The van der Waals surface area contributed by atoms with Gasteiger partial charge in [-0.3, -0.25) is 4.31 Å². The van der Waals surface area contributed by atoms with Gasteiger partial charge >= 0.3 is 0 Å². The summed E-state index contributed by atoms with van der Waals surface area (Å²) in [6, 6.07) is 8.36. The van der Waals surface area contributed by atoms with Gasteiger partial charge in [-0.1, -0.05) is 23.7 Å². The standard InChI is InChI=1S/C13H10ClF2NO2S/c1-17(12-5-3-2-4-11(12)16)20(18,19)13-8-9(15)6-7-10(13)14/h2-8H,1H3. The van der Waals surface area contributed by atoms with Crippen molar-refractivity contribution in [3.63, 3.8) is 0 Å². The van der Waals surface area contributed by atoms with Crippen LogP contribution in [0.25, 0.3) is 0 Å². The van der Waals surface area contributed by atoms with Crippen molar-refractivity contribution in [2.45, 2.75) is 4.90 Å². The van der Waals surface area contributed by atoms with Gasteiger partial charge in [0.1, 0.15) is 16.5 Å². The van der Waals surface area contributed by atoms with Crippen molar-refractivity contribution in [1.29, 1.82) is 0 Å². The Kier molecular flexibility index (Phi) is 3.96. The Bertz CT molecular complexity index is 750. The summed E-state index contributed by atoms with van der Waals surface area (Å²) >= 11 is 5.79. The average Bonchev–Trinajstić information content (AvgIpc) is 2.41. The molecule has 0 fully saturated rings. The predicted octanol–water partition coefficient (Wildman–Crippen LogP) is 3.44. The number of rotatable bonds is 3. The van der Waals surface area contributed by atoms with Crippen LogP contribution in [0, 0.1) is 11.6 Å². The monoisotopic (exact) mass is 317 g/mol. The highest BCUT2D eigenvalue weighted by atomic mass is 35.5. The average molecular weight is 318 g/mol. The summed E-state index contributed by atoms with van der Waals surface area (Å²) in [7, 11) is -2.97. The van der Waals surface area contributed by atoms with Crippen LogP contribution in [0.3, 0.4) is 0 Å². The molecule has 0 unspecified atom stereocenters. The van der Waals surface area contributed by atoms with E-state index in [1.807, 2.05) is 0 Å². The highest BCUT2D eigenvalue weighted by Gasteiger charge is 2.26. The molecule has 0 amide bonds. The molecule has 0 aliphatic heterocycles. The number of benzene rings is 2. The third-order valence-corrected chi connectivity index (χ3v) is 4.98. The van der Waals surface area contributed by atoms with Gasteiger partial charge in [-0.05, 0) is 30.3 Å². The molecule has 106 valence electrons. The lowest BCUT2D eigenvalue weighted by molar-refractivity contribution is 0.585. The molecule has 7 heteroatoms. The van der Waals surface area contributed by atoms with Gasteiger partial charge in [-0.25, -0.2) is 17.2 Å². The Morgan fingerprint density at radius 3 is 2.40 bits per heavy atom. The minimum Gasteiger partial charge on any atom is -0.266 e. The van der Waals surface area contributed by atoms with E-state index in [9.17, 15) is 17.2 Å². The van der Waals surface area contributed by atoms with Gasteiger partial charge in [0.05, 0.1) is 10.7 Å². The van der Waals surface area contributed by atoms with Gasteiger partial charge in [0.15, 0.2) is 0 Å². The van der Waals surface area contributed by atoms with Gasteiger partial charge in [0.25, 0.3) is 10.0 Å². The minimum atomic E-state index is -4.15. The van der Waals surface area contributed by atoms with Gasteiger partial charge in [-0.2, -0.15) is 0 Å². The maximum absolute atomic E-state index is 13.7. The molecule has 0 spiro atoms. The fraction of sp³-hybridized carbons (Fsp3) is 0.0769. The highest BCUT2D eigenvalue weighted by Crippen LogP contribution is 2.29. The Balaban J connectivity index is 2.56. The van der Waals surface area contributed by atoms with Crippen LogP contribution >= 0.6 is 11.6 Å². The van der Waals surface area contributed by atoms with E-state index < -0.39 is 26.6 Å². The van der Waals surface area contributed by atoms with Crippen LogP contribution < -0.4 is 4.31 Å². The van der Waals surface area contributed by atoms with Crippen LogP contribution in [-0.2, 0) is 10.0 Å². The summed E-state index contributed by atoms with van der Waals surface area (Å²) in [5.74, 6) is -1.44. The second-order valence-corrected chi connectivity index (χ2v) is 6.34. The van der Waals surface area contributed by atoms with E-state index in [1.165, 1.54) is 25.2 Å². The summed E-state index contributed by atoms with van der Waals surface area (Å²) in [5.41, 5.74) is -0.146. The van der Waals surface area contributed by atoms with Crippen LogP contribution in [0.1, 0.15) is 0 Å². The first-order valence-electron chi connectivity index (χ1n) is 5.52. The van der Waals surface area contributed by atoms with Gasteiger partial charge in [-0.15, -0.1) is 0 Å². The summed E-state index contributed by atoms with van der Waals surface area (Å²) < 4.78 is 52.3. The lowest BCUT2D eigenvalue weighted by Gasteiger charge is -2.20. The van der Waals surface area contributed by atoms with Crippen molar-refractivity contribution in [1.82, 2.24) is 0 Å². The van der Waals surface area contributed by atoms with Crippen LogP contribution in [0.2, 0.25) is 5.02 Å². The number of nitrogens with zero attached hydrogens (tertiary/aromatic N) is 1. The molecule has 0 saturated heterocycles. The van der Waals surface area contributed by atoms with Crippen molar-refractivity contribution in [2.24, 2.45) is 0 Å². The van der Waals surface area contributed by atoms with Gasteiger partial charge in [0.2, 0.25) is 0 Å². The normalized spacial score (nSPS) is 11.4. The number of halogens is 3. The third-order valence-electron chi connectivity index (χ3n) is 2.72. The SMILES string of the molecule is CN(c1ccccc1F)S(=O)(=O)c1cc(F)ccc1Cl. The van der Waals surface area contributed by atoms with Crippen LogP contribution in [-0.4, -0.2) is 15.5 Å². The lowest BCUT2D eigenvalue weighted by Crippen LogP contribution is -2.27. The van der Waals surface area contributed by atoms with Crippen molar-refractivity contribution in [3.8, 4) is 0 Å². The first-order valence-corrected chi connectivity index (χ1v) is 7.34. The van der Waals surface area contributed by atoms with Gasteiger partial charge in [0, 0.05) is 7.05 Å². The summed E-state index contributed by atoms with van der Waals surface area (Å²) in [6.07, 6.45) is 0. The fourth-order valence-electron chi connectivity index (χ4n) is 1.66. The molecule has 2 rings (SSSR count). The number of anilines is 1. The molecule has 0 N–H and O–H groups in total. The van der Waals surface area contributed by atoms with Crippen LogP contribution in [0.4, 0.5) is 14.5 Å². The number of para-hydroxylation sites is 1. The van der Waals surface area contributed by atoms with E-state index >= 15 is 0 Å². The molecule has 0 bridgehead atoms. The highest BCUT2D eigenvalue weighted by molar-refractivity contribution is 7.93. The molecule has 2 aromatic carbocycles. The molecule has 0 heterocycles. The lowest BCUT2D eigenvalue weighted by atomic mass is 10.3. The van der Waals surface area contributed by atoms with Crippen molar-refractivity contribution < 1.29 is 17.2 Å². The van der Waals surface area contributed by atoms with E-state index in [2.05, 4.69) is 0 Å². The van der Waals surface area contributed by atoms with Crippen molar-refractivity contribution >= 4 is 27.3 Å². The Labute approximate surface area is 120 Å². The molecule has 2 aromatic rings. The topological polar surface area (TPSA) is 37.4 Å². The predicted molar refractivity (Wildman–Crippen MR) is 73.4 cm³/mol. The smallest absolute Gasteiger partial charge is 0.265 e. The zero-order valence-corrected chi connectivity index (χ0v) is 11.9. The quantitative estimate of drug-likeness (QED) is 0.869. The molecule has 0 radical (unpaired) electrons. The summed E-state index contributed by atoms with van der Waals surface area (Å²) in [4.78, 5) is -0.412. The third kappa shape index (κ3) is 2.62. The van der Waals surface area contributed by atoms with Crippen LogP contribution in [0.5, 0.6) is 0 Å². The maximum atomic E-state index is 13.7. The maximum Gasteiger partial charge on any atom is 0.265 e. The van der Waals surface area contributed by atoms with E-state index in [0.717, 1.165) is 28.6 Å². The molecular formula is C13H10ClF2NO2S. The molecule has 0 aromatic heterocycles. The Hall–Kier alpha value is -1.66. The van der Waals surface area contributed by atoms with Crippen molar-refractivity contribution in [2.75, 3.05) is 11.4 Å². The molecule has 0 aliphatic rings. The zero-order valence-electron chi connectivity index (χ0n) is 10.3. The first kappa shape index (κ1) is 14.7. The molecule has 3 nitrogen and oxygen atoms in total. The number of hydrogen-bond acceptors (Lipinski definition) is 2. The second-order valence-electron chi connectivity index (χ2n) is 4.00. The summed E-state index contributed by atoms with van der Waals surface area (Å²) in [6.45, 7) is 0. The zero-order chi connectivity index (χ0) is 14.9. The van der Waals surface area contributed by atoms with Crippen LogP contribution in [0.15, 0.2) is 47.4 Å². The number of hydrogen-bond donors (Lipinski definition) is 0. The largest absolute Gasteiger partial charge is 0.266 e. The van der Waals surface area contributed by atoms with E-state index in [0.29, 0.717) is 0 Å².